The van der Waals surface area contributed by atoms with Crippen LogP contribution in [0.5, 0.6) is 0 Å². The lowest BCUT2D eigenvalue weighted by Gasteiger charge is -2.34. The molecule has 3 unspecified atom stereocenters. The zero-order chi connectivity index (χ0) is 12.1. The van der Waals surface area contributed by atoms with Crippen LogP contribution < -0.4 is 5.32 Å². The van der Waals surface area contributed by atoms with Crippen molar-refractivity contribution < 1.29 is 0 Å². The molecule has 0 aromatic heterocycles. The number of hydrogen-bond donors (Lipinski definition) is 1. The second-order valence-corrected chi connectivity index (χ2v) is 6.20. The second kappa shape index (κ2) is 6.61. The molecule has 0 heterocycles. The minimum absolute atomic E-state index is 0.617. The first kappa shape index (κ1) is 14.0. The first-order valence-corrected chi connectivity index (χ1v) is 6.89. The van der Waals surface area contributed by atoms with Crippen LogP contribution >= 0.6 is 0 Å². The Balaban J connectivity index is 2.31. The Bertz CT molecular complexity index is 189. The molecule has 0 spiro atoms. The second-order valence-electron chi connectivity index (χ2n) is 6.20. The molecular formula is C14H30N2. The first-order chi connectivity index (χ1) is 7.49. The standard InChI is InChI=1S/C14H30N2/c1-11(2)13-7-6-8-14(9-13)15-12(3)10-16(4)5/h11-15H,6-10H2,1-5H3. The van der Waals surface area contributed by atoms with Gasteiger partial charge in [-0.15, -0.1) is 0 Å². The van der Waals surface area contributed by atoms with Crippen molar-refractivity contribution in [2.75, 3.05) is 20.6 Å². The van der Waals surface area contributed by atoms with Crippen LogP contribution in [-0.4, -0.2) is 37.6 Å². The van der Waals surface area contributed by atoms with Crippen LogP contribution in [0.1, 0.15) is 46.5 Å². The largest absolute Gasteiger partial charge is 0.310 e. The molecule has 1 aliphatic rings. The van der Waals surface area contributed by atoms with Crippen molar-refractivity contribution in [3.8, 4) is 0 Å². The third-order valence-electron chi connectivity index (χ3n) is 3.82. The molecule has 1 aliphatic carbocycles. The molecule has 96 valence electrons. The summed E-state index contributed by atoms with van der Waals surface area (Å²) in [6.45, 7) is 8.19. The van der Waals surface area contributed by atoms with Gasteiger partial charge in [-0.25, -0.2) is 0 Å². The number of hydrogen-bond acceptors (Lipinski definition) is 2. The summed E-state index contributed by atoms with van der Waals surface area (Å²) in [6, 6.07) is 1.38. The van der Waals surface area contributed by atoms with Crippen molar-refractivity contribution in [2.45, 2.75) is 58.5 Å². The Morgan fingerprint density at radius 2 is 1.88 bits per heavy atom. The van der Waals surface area contributed by atoms with Crippen LogP contribution in [0.4, 0.5) is 0 Å². The molecule has 1 rings (SSSR count). The molecule has 0 aromatic rings. The Hall–Kier alpha value is -0.0800. The Labute approximate surface area is 102 Å². The zero-order valence-electron chi connectivity index (χ0n) is 11.8. The Morgan fingerprint density at radius 1 is 1.19 bits per heavy atom. The summed E-state index contributed by atoms with van der Waals surface area (Å²) in [5, 5.41) is 3.79. The highest BCUT2D eigenvalue weighted by Gasteiger charge is 2.24. The van der Waals surface area contributed by atoms with E-state index in [9.17, 15) is 0 Å². The summed E-state index contributed by atoms with van der Waals surface area (Å²) < 4.78 is 0. The van der Waals surface area contributed by atoms with Crippen molar-refractivity contribution in [3.05, 3.63) is 0 Å². The van der Waals surface area contributed by atoms with E-state index in [4.69, 9.17) is 0 Å². The number of likely N-dealkylation sites (N-methyl/N-ethyl adjacent to an activating group) is 1. The minimum atomic E-state index is 0.617. The predicted octanol–water partition coefficient (Wildman–Crippen LogP) is 2.74. The number of nitrogens with one attached hydrogen (secondary N) is 1. The van der Waals surface area contributed by atoms with Gasteiger partial charge in [0.1, 0.15) is 0 Å². The summed E-state index contributed by atoms with van der Waals surface area (Å²) in [6.07, 6.45) is 5.61. The summed E-state index contributed by atoms with van der Waals surface area (Å²) >= 11 is 0. The molecule has 1 fully saturated rings. The van der Waals surface area contributed by atoms with E-state index < -0.39 is 0 Å². The SMILES string of the molecule is CC(CN(C)C)NC1CCCC(C(C)C)C1. The molecule has 0 radical (unpaired) electrons. The number of nitrogens with zero attached hydrogens (tertiary/aromatic N) is 1. The van der Waals surface area contributed by atoms with E-state index in [0.717, 1.165) is 24.4 Å². The van der Waals surface area contributed by atoms with E-state index in [-0.39, 0.29) is 0 Å². The lowest BCUT2D eigenvalue weighted by Crippen LogP contribution is -2.44. The van der Waals surface area contributed by atoms with Gasteiger partial charge in [0.25, 0.3) is 0 Å². The predicted molar refractivity (Wildman–Crippen MR) is 71.7 cm³/mol. The summed E-state index contributed by atoms with van der Waals surface area (Å²) in [5.41, 5.74) is 0. The van der Waals surface area contributed by atoms with E-state index in [1.165, 1.54) is 25.7 Å². The van der Waals surface area contributed by atoms with Crippen LogP contribution in [0.3, 0.4) is 0 Å². The van der Waals surface area contributed by atoms with Gasteiger partial charge < -0.3 is 10.2 Å². The molecular weight excluding hydrogens is 196 g/mol. The summed E-state index contributed by atoms with van der Waals surface area (Å²) in [5.74, 6) is 1.80. The molecule has 3 atom stereocenters. The van der Waals surface area contributed by atoms with Gasteiger partial charge in [0.15, 0.2) is 0 Å². The van der Waals surface area contributed by atoms with E-state index >= 15 is 0 Å². The van der Waals surface area contributed by atoms with Crippen LogP contribution in [0.2, 0.25) is 0 Å². The monoisotopic (exact) mass is 226 g/mol. The first-order valence-electron chi connectivity index (χ1n) is 6.89. The Kier molecular flexibility index (Phi) is 5.77. The molecule has 0 bridgehead atoms. The van der Waals surface area contributed by atoms with Gasteiger partial charge in [0.05, 0.1) is 0 Å². The molecule has 0 aromatic carbocycles. The maximum Gasteiger partial charge on any atom is 0.0169 e. The van der Waals surface area contributed by atoms with Gasteiger partial charge >= 0.3 is 0 Å². The third-order valence-corrected chi connectivity index (χ3v) is 3.82. The average Bonchev–Trinajstić information content (AvgIpc) is 2.16. The molecule has 1 N–H and O–H groups in total. The zero-order valence-corrected chi connectivity index (χ0v) is 11.8. The van der Waals surface area contributed by atoms with Crippen molar-refractivity contribution in [1.82, 2.24) is 10.2 Å². The highest BCUT2D eigenvalue weighted by atomic mass is 15.1. The van der Waals surface area contributed by atoms with Gasteiger partial charge in [-0.1, -0.05) is 26.7 Å². The smallest absolute Gasteiger partial charge is 0.0169 e. The van der Waals surface area contributed by atoms with Crippen LogP contribution in [0.25, 0.3) is 0 Å². The fourth-order valence-corrected chi connectivity index (χ4v) is 2.99. The van der Waals surface area contributed by atoms with E-state index in [1.807, 2.05) is 0 Å². The summed E-state index contributed by atoms with van der Waals surface area (Å²) in [4.78, 5) is 2.26. The van der Waals surface area contributed by atoms with Gasteiger partial charge in [-0.05, 0) is 45.7 Å². The van der Waals surface area contributed by atoms with Crippen molar-refractivity contribution in [2.24, 2.45) is 11.8 Å². The lowest BCUT2D eigenvalue weighted by atomic mass is 9.79. The Morgan fingerprint density at radius 3 is 2.44 bits per heavy atom. The fraction of sp³-hybridized carbons (Fsp3) is 1.00. The quantitative estimate of drug-likeness (QED) is 0.775. The van der Waals surface area contributed by atoms with Gasteiger partial charge in [0, 0.05) is 18.6 Å². The van der Waals surface area contributed by atoms with Gasteiger partial charge in [0.2, 0.25) is 0 Å². The minimum Gasteiger partial charge on any atom is -0.310 e. The van der Waals surface area contributed by atoms with Crippen LogP contribution in [-0.2, 0) is 0 Å². The molecule has 0 saturated heterocycles. The molecule has 2 nitrogen and oxygen atoms in total. The van der Waals surface area contributed by atoms with Crippen molar-refractivity contribution in [1.29, 1.82) is 0 Å². The van der Waals surface area contributed by atoms with Gasteiger partial charge in [-0.2, -0.15) is 0 Å². The topological polar surface area (TPSA) is 15.3 Å². The van der Waals surface area contributed by atoms with Crippen LogP contribution in [0, 0.1) is 11.8 Å². The van der Waals surface area contributed by atoms with Crippen molar-refractivity contribution >= 4 is 0 Å². The third kappa shape index (κ3) is 4.84. The van der Waals surface area contributed by atoms with Gasteiger partial charge in [-0.3, -0.25) is 0 Å². The average molecular weight is 226 g/mol. The van der Waals surface area contributed by atoms with Crippen molar-refractivity contribution in [3.63, 3.8) is 0 Å². The molecule has 2 heteroatoms. The summed E-state index contributed by atoms with van der Waals surface area (Å²) in [7, 11) is 4.30. The number of rotatable bonds is 5. The maximum absolute atomic E-state index is 3.79. The normalized spacial score (nSPS) is 28.7. The van der Waals surface area contributed by atoms with E-state index in [0.29, 0.717) is 6.04 Å². The molecule has 16 heavy (non-hydrogen) atoms. The maximum atomic E-state index is 3.79. The molecule has 1 saturated carbocycles. The van der Waals surface area contributed by atoms with E-state index in [1.54, 1.807) is 0 Å². The molecule has 0 aliphatic heterocycles. The van der Waals surface area contributed by atoms with E-state index in [2.05, 4.69) is 45.1 Å². The molecule has 0 amide bonds. The highest BCUT2D eigenvalue weighted by Crippen LogP contribution is 2.30. The van der Waals surface area contributed by atoms with Crippen LogP contribution in [0.15, 0.2) is 0 Å². The highest BCUT2D eigenvalue weighted by molar-refractivity contribution is 4.81. The fourth-order valence-electron chi connectivity index (χ4n) is 2.99. The lowest BCUT2D eigenvalue weighted by molar-refractivity contribution is 0.213.